The topological polar surface area (TPSA) is 70.2 Å². The van der Waals surface area contributed by atoms with E-state index in [2.05, 4.69) is 10.2 Å². The zero-order valence-electron chi connectivity index (χ0n) is 10.2. The van der Waals surface area contributed by atoms with Crippen LogP contribution in [0.15, 0.2) is 33.5 Å². The zero-order chi connectivity index (χ0) is 13.2. The van der Waals surface area contributed by atoms with Crippen molar-refractivity contribution in [2.24, 2.45) is 0 Å². The number of methoxy groups -OCH3 is 1. The Morgan fingerprint density at radius 3 is 2.95 bits per heavy atom. The van der Waals surface area contributed by atoms with E-state index in [9.17, 15) is 4.79 Å². The molecule has 7 heteroatoms. The molecule has 0 unspecified atom stereocenters. The molecule has 2 aromatic heterocycles. The average molecular weight is 277 g/mol. The predicted octanol–water partition coefficient (Wildman–Crippen LogP) is 1.64. The molecule has 0 atom stereocenters. The van der Waals surface area contributed by atoms with Gasteiger partial charge in [0.25, 0.3) is 0 Å². The molecule has 6 nitrogen and oxygen atoms in total. The number of nitrogens with zero attached hydrogens (tertiary/aromatic N) is 3. The lowest BCUT2D eigenvalue weighted by atomic mass is 10.3. The second-order valence-electron chi connectivity index (χ2n) is 3.94. The van der Waals surface area contributed by atoms with Crippen LogP contribution in [0.2, 0.25) is 0 Å². The third kappa shape index (κ3) is 2.29. The molecular formula is C12H11N3O3S. The molecule has 0 saturated heterocycles. The Hall–Kier alpha value is -1.99. The number of benzene rings is 1. The van der Waals surface area contributed by atoms with Gasteiger partial charge in [0.15, 0.2) is 0 Å². The molecule has 0 bridgehead atoms. The normalized spacial score (nSPS) is 11.2. The highest BCUT2D eigenvalue weighted by Crippen LogP contribution is 2.17. The van der Waals surface area contributed by atoms with Gasteiger partial charge in [0.1, 0.15) is 13.2 Å². The first-order valence-electron chi connectivity index (χ1n) is 5.66. The summed E-state index contributed by atoms with van der Waals surface area (Å²) in [5.41, 5.74) is 0.879. The summed E-state index contributed by atoms with van der Waals surface area (Å²) in [4.78, 5) is 11.9. The third-order valence-corrected chi connectivity index (χ3v) is 3.60. The van der Waals surface area contributed by atoms with Crippen LogP contribution in [-0.2, 0) is 17.9 Å². The summed E-state index contributed by atoms with van der Waals surface area (Å²) < 4.78 is 12.9. The van der Waals surface area contributed by atoms with E-state index in [0.29, 0.717) is 11.8 Å². The number of fused-ring (bicyclic) bond motifs is 1. The van der Waals surface area contributed by atoms with Gasteiger partial charge in [-0.25, -0.2) is 0 Å². The minimum atomic E-state index is -0.0345. The van der Waals surface area contributed by atoms with Crippen molar-refractivity contribution in [3.63, 3.8) is 0 Å². The van der Waals surface area contributed by atoms with E-state index >= 15 is 0 Å². The first-order chi connectivity index (χ1) is 9.28. The number of para-hydroxylation sites is 1. The fourth-order valence-electron chi connectivity index (χ4n) is 1.83. The molecule has 19 heavy (non-hydrogen) atoms. The molecule has 3 rings (SSSR count). The summed E-state index contributed by atoms with van der Waals surface area (Å²) in [6, 6.07) is 7.63. The maximum Gasteiger partial charge on any atom is 0.308 e. The van der Waals surface area contributed by atoms with E-state index in [1.807, 2.05) is 24.3 Å². The SMILES string of the molecule is COCc1nnc(Cn2c(=O)sc3ccccc32)o1. The fourth-order valence-corrected chi connectivity index (χ4v) is 2.72. The molecular weight excluding hydrogens is 266 g/mol. The molecule has 98 valence electrons. The lowest BCUT2D eigenvalue weighted by molar-refractivity contribution is 0.158. The summed E-state index contributed by atoms with van der Waals surface area (Å²) >= 11 is 1.21. The standard InChI is InChI=1S/C12H11N3O3S/c1-17-7-11-14-13-10(18-11)6-15-8-4-2-3-5-9(8)19-12(15)16/h2-5H,6-7H2,1H3. The van der Waals surface area contributed by atoms with Gasteiger partial charge in [-0.3, -0.25) is 9.36 Å². The van der Waals surface area contributed by atoms with Crippen molar-refractivity contribution in [2.75, 3.05) is 7.11 Å². The smallest absolute Gasteiger partial charge is 0.308 e. The van der Waals surface area contributed by atoms with Crippen molar-refractivity contribution in [3.8, 4) is 0 Å². The Kier molecular flexibility index (Phi) is 3.14. The van der Waals surface area contributed by atoms with Gasteiger partial charge in [-0.1, -0.05) is 23.5 Å². The average Bonchev–Trinajstić information content (AvgIpc) is 2.96. The van der Waals surface area contributed by atoms with Crippen LogP contribution >= 0.6 is 11.3 Å². The molecule has 0 aliphatic heterocycles. The maximum absolute atomic E-state index is 11.9. The molecule has 0 N–H and O–H groups in total. The van der Waals surface area contributed by atoms with Gasteiger partial charge in [0, 0.05) is 7.11 Å². The van der Waals surface area contributed by atoms with E-state index in [-0.39, 0.29) is 18.0 Å². The van der Waals surface area contributed by atoms with Crippen LogP contribution in [0, 0.1) is 0 Å². The molecule has 0 radical (unpaired) electrons. The highest BCUT2D eigenvalue weighted by atomic mass is 32.1. The van der Waals surface area contributed by atoms with E-state index in [1.54, 1.807) is 11.7 Å². The summed E-state index contributed by atoms with van der Waals surface area (Å²) in [7, 11) is 1.56. The van der Waals surface area contributed by atoms with Gasteiger partial charge in [-0.15, -0.1) is 10.2 Å². The summed E-state index contributed by atoms with van der Waals surface area (Å²) in [6.45, 7) is 0.547. The molecule has 0 fully saturated rings. The van der Waals surface area contributed by atoms with Crippen molar-refractivity contribution in [3.05, 3.63) is 45.7 Å². The van der Waals surface area contributed by atoms with Gasteiger partial charge in [-0.2, -0.15) is 0 Å². The molecule has 2 heterocycles. The second kappa shape index (κ2) is 4.94. The summed E-state index contributed by atoms with van der Waals surface area (Å²) in [5, 5.41) is 7.75. The third-order valence-electron chi connectivity index (χ3n) is 2.64. The Balaban J connectivity index is 1.96. The number of aromatic nitrogens is 3. The second-order valence-corrected chi connectivity index (χ2v) is 4.94. The Morgan fingerprint density at radius 2 is 2.11 bits per heavy atom. The van der Waals surface area contributed by atoms with Crippen molar-refractivity contribution in [1.82, 2.24) is 14.8 Å². The van der Waals surface area contributed by atoms with Gasteiger partial charge >= 0.3 is 4.87 Å². The van der Waals surface area contributed by atoms with Crippen molar-refractivity contribution >= 4 is 21.6 Å². The van der Waals surface area contributed by atoms with Crippen molar-refractivity contribution in [1.29, 1.82) is 0 Å². The van der Waals surface area contributed by atoms with Gasteiger partial charge < -0.3 is 9.15 Å². The number of rotatable bonds is 4. The quantitative estimate of drug-likeness (QED) is 0.725. The van der Waals surface area contributed by atoms with E-state index in [4.69, 9.17) is 9.15 Å². The Labute approximate surface area is 112 Å². The monoisotopic (exact) mass is 277 g/mol. The van der Waals surface area contributed by atoms with Gasteiger partial charge in [-0.05, 0) is 12.1 Å². The molecule has 0 saturated carbocycles. The van der Waals surface area contributed by atoms with E-state index in [1.165, 1.54) is 11.3 Å². The summed E-state index contributed by atoms with van der Waals surface area (Å²) in [5.74, 6) is 0.808. The molecule has 0 aliphatic rings. The van der Waals surface area contributed by atoms with Crippen LogP contribution in [0.3, 0.4) is 0 Å². The molecule has 0 spiro atoms. The first-order valence-corrected chi connectivity index (χ1v) is 6.48. The minimum absolute atomic E-state index is 0.0345. The van der Waals surface area contributed by atoms with Crippen LogP contribution in [0.4, 0.5) is 0 Å². The van der Waals surface area contributed by atoms with Crippen molar-refractivity contribution < 1.29 is 9.15 Å². The van der Waals surface area contributed by atoms with Crippen LogP contribution in [0.5, 0.6) is 0 Å². The lowest BCUT2D eigenvalue weighted by Gasteiger charge is -1.98. The predicted molar refractivity (Wildman–Crippen MR) is 70.2 cm³/mol. The molecule has 0 aliphatic carbocycles. The number of hydrogen-bond donors (Lipinski definition) is 0. The highest BCUT2D eigenvalue weighted by molar-refractivity contribution is 7.16. The number of thiazole rings is 1. The Morgan fingerprint density at radius 1 is 1.32 bits per heavy atom. The minimum Gasteiger partial charge on any atom is -0.421 e. The van der Waals surface area contributed by atoms with Gasteiger partial charge in [0.05, 0.1) is 10.2 Å². The Bertz CT molecular complexity index is 759. The highest BCUT2D eigenvalue weighted by Gasteiger charge is 2.11. The number of ether oxygens (including phenoxy) is 1. The first kappa shape index (κ1) is 12.1. The van der Waals surface area contributed by atoms with Crippen LogP contribution < -0.4 is 4.87 Å². The number of hydrogen-bond acceptors (Lipinski definition) is 6. The van der Waals surface area contributed by atoms with Gasteiger partial charge in [0.2, 0.25) is 11.8 Å². The largest absolute Gasteiger partial charge is 0.421 e. The lowest BCUT2D eigenvalue weighted by Crippen LogP contribution is -2.13. The van der Waals surface area contributed by atoms with Crippen LogP contribution in [-0.4, -0.2) is 21.9 Å². The molecule has 0 amide bonds. The van der Waals surface area contributed by atoms with E-state index < -0.39 is 0 Å². The maximum atomic E-state index is 11.9. The fraction of sp³-hybridized carbons (Fsp3) is 0.250. The van der Waals surface area contributed by atoms with Crippen molar-refractivity contribution in [2.45, 2.75) is 13.2 Å². The molecule has 3 aromatic rings. The van der Waals surface area contributed by atoms with Crippen LogP contribution in [0.1, 0.15) is 11.8 Å². The summed E-state index contributed by atoms with van der Waals surface area (Å²) in [6.07, 6.45) is 0. The zero-order valence-corrected chi connectivity index (χ0v) is 11.0. The van der Waals surface area contributed by atoms with Crippen LogP contribution in [0.25, 0.3) is 10.2 Å². The van der Waals surface area contributed by atoms with E-state index in [0.717, 1.165) is 10.2 Å². The molecule has 1 aromatic carbocycles.